The number of aromatic amines is 1. The zero-order valence-electron chi connectivity index (χ0n) is 20.2. The van der Waals surface area contributed by atoms with Crippen LogP contribution >= 0.6 is 0 Å². The fourth-order valence-corrected chi connectivity index (χ4v) is 5.39. The highest BCUT2D eigenvalue weighted by Crippen LogP contribution is 2.39. The molecule has 33 heavy (non-hydrogen) atoms. The zero-order chi connectivity index (χ0) is 23.1. The second kappa shape index (κ2) is 8.78. The summed E-state index contributed by atoms with van der Waals surface area (Å²) >= 11 is 0. The van der Waals surface area contributed by atoms with Crippen LogP contribution < -0.4 is 10.1 Å². The van der Waals surface area contributed by atoms with Crippen molar-refractivity contribution in [2.45, 2.75) is 77.3 Å². The van der Waals surface area contributed by atoms with Crippen LogP contribution in [-0.4, -0.2) is 43.8 Å². The molecule has 0 saturated heterocycles. The summed E-state index contributed by atoms with van der Waals surface area (Å²) in [4.78, 5) is 12.8. The second-order valence-corrected chi connectivity index (χ2v) is 9.92. The van der Waals surface area contributed by atoms with Crippen LogP contribution in [-0.2, 0) is 0 Å². The molecule has 7 nitrogen and oxygen atoms in total. The molecule has 2 N–H and O–H groups in total. The summed E-state index contributed by atoms with van der Waals surface area (Å²) in [5, 5.41) is 9.31. The predicted molar refractivity (Wildman–Crippen MR) is 132 cm³/mol. The lowest BCUT2D eigenvalue weighted by atomic mass is 9.83. The highest BCUT2D eigenvalue weighted by Gasteiger charge is 2.25. The lowest BCUT2D eigenvalue weighted by molar-refractivity contribution is 0.323. The van der Waals surface area contributed by atoms with E-state index in [9.17, 15) is 0 Å². The van der Waals surface area contributed by atoms with Crippen LogP contribution in [0.4, 0.5) is 0 Å². The van der Waals surface area contributed by atoms with Crippen LogP contribution in [0.15, 0.2) is 30.9 Å². The molecular formula is C26H34N6O. The summed E-state index contributed by atoms with van der Waals surface area (Å²) < 4.78 is 7.37. The number of ether oxygens (including phenoxy) is 1. The molecule has 7 heteroatoms. The average molecular weight is 447 g/mol. The first kappa shape index (κ1) is 21.9. The SMILES string of the molecule is COc1cc(-c2[nH]c3cnc(C4CCC(NC(C)C)CC4)cc3c2C(C)C)cn2ncnc12. The maximum absolute atomic E-state index is 5.60. The Balaban J connectivity index is 1.53. The second-order valence-electron chi connectivity index (χ2n) is 9.92. The molecule has 1 aliphatic rings. The van der Waals surface area contributed by atoms with Crippen molar-refractivity contribution in [3.63, 3.8) is 0 Å². The first-order valence-electron chi connectivity index (χ1n) is 12.1. The largest absolute Gasteiger partial charge is 0.493 e. The fourth-order valence-electron chi connectivity index (χ4n) is 5.39. The first-order valence-corrected chi connectivity index (χ1v) is 12.1. The molecule has 4 aromatic heterocycles. The van der Waals surface area contributed by atoms with Crippen LogP contribution in [0.2, 0.25) is 0 Å². The van der Waals surface area contributed by atoms with Crippen molar-refractivity contribution in [2.75, 3.05) is 7.11 Å². The molecular weight excluding hydrogens is 412 g/mol. The Morgan fingerprint density at radius 1 is 1.09 bits per heavy atom. The van der Waals surface area contributed by atoms with Gasteiger partial charge in [0.15, 0.2) is 11.4 Å². The van der Waals surface area contributed by atoms with Gasteiger partial charge in [-0.1, -0.05) is 27.7 Å². The van der Waals surface area contributed by atoms with Crippen LogP contribution in [0.25, 0.3) is 27.8 Å². The van der Waals surface area contributed by atoms with E-state index in [1.165, 1.54) is 42.3 Å². The Kier molecular flexibility index (Phi) is 5.83. The molecule has 0 unspecified atom stereocenters. The Hall–Kier alpha value is -2.93. The smallest absolute Gasteiger partial charge is 0.197 e. The van der Waals surface area contributed by atoms with Gasteiger partial charge < -0.3 is 15.0 Å². The summed E-state index contributed by atoms with van der Waals surface area (Å²) in [5.74, 6) is 1.60. The molecule has 0 aliphatic heterocycles. The molecule has 0 bridgehead atoms. The third kappa shape index (κ3) is 4.10. The van der Waals surface area contributed by atoms with Gasteiger partial charge >= 0.3 is 0 Å². The zero-order valence-corrected chi connectivity index (χ0v) is 20.2. The van der Waals surface area contributed by atoms with Gasteiger partial charge in [-0.2, -0.15) is 5.10 Å². The predicted octanol–water partition coefficient (Wildman–Crippen LogP) is 5.43. The Morgan fingerprint density at radius 2 is 1.88 bits per heavy atom. The van der Waals surface area contributed by atoms with Crippen LogP contribution in [0.5, 0.6) is 5.75 Å². The van der Waals surface area contributed by atoms with Gasteiger partial charge in [-0.25, -0.2) is 9.50 Å². The summed E-state index contributed by atoms with van der Waals surface area (Å²) in [7, 11) is 1.67. The van der Waals surface area contributed by atoms with Gasteiger partial charge in [-0.05, 0) is 49.3 Å². The van der Waals surface area contributed by atoms with E-state index in [0.717, 1.165) is 22.4 Å². The van der Waals surface area contributed by atoms with E-state index in [4.69, 9.17) is 9.72 Å². The number of nitrogens with one attached hydrogen (secondary N) is 2. The number of H-pyrrole nitrogens is 1. The van der Waals surface area contributed by atoms with E-state index in [1.807, 2.05) is 18.5 Å². The summed E-state index contributed by atoms with van der Waals surface area (Å²) in [6.45, 7) is 8.96. The van der Waals surface area contributed by atoms with E-state index in [1.54, 1.807) is 18.0 Å². The molecule has 1 aliphatic carbocycles. The van der Waals surface area contributed by atoms with E-state index < -0.39 is 0 Å². The third-order valence-electron chi connectivity index (χ3n) is 6.89. The molecule has 0 amide bonds. The van der Waals surface area contributed by atoms with E-state index >= 15 is 0 Å². The maximum atomic E-state index is 5.60. The van der Waals surface area contributed by atoms with Crippen molar-refractivity contribution >= 4 is 16.6 Å². The molecule has 1 saturated carbocycles. The Bertz CT molecular complexity index is 1260. The molecule has 0 radical (unpaired) electrons. The minimum absolute atomic E-state index is 0.354. The van der Waals surface area contributed by atoms with Gasteiger partial charge in [0.2, 0.25) is 0 Å². The van der Waals surface area contributed by atoms with Crippen LogP contribution in [0.1, 0.15) is 76.5 Å². The fraction of sp³-hybridized carbons (Fsp3) is 0.500. The Morgan fingerprint density at radius 3 is 2.58 bits per heavy atom. The van der Waals surface area contributed by atoms with Gasteiger partial charge in [-0.15, -0.1) is 0 Å². The lowest BCUT2D eigenvalue weighted by Crippen LogP contribution is -2.37. The number of fused-ring (bicyclic) bond motifs is 2. The molecule has 4 heterocycles. The van der Waals surface area contributed by atoms with E-state index in [0.29, 0.717) is 29.7 Å². The normalized spacial score (nSPS) is 19.2. The molecule has 4 aromatic rings. The molecule has 0 atom stereocenters. The van der Waals surface area contributed by atoms with Gasteiger partial charge in [0.05, 0.1) is 24.5 Å². The molecule has 0 aromatic carbocycles. The minimum Gasteiger partial charge on any atom is -0.493 e. The van der Waals surface area contributed by atoms with Crippen LogP contribution in [0.3, 0.4) is 0 Å². The summed E-state index contributed by atoms with van der Waals surface area (Å²) in [6, 6.07) is 5.55. The minimum atomic E-state index is 0.354. The number of nitrogens with zero attached hydrogens (tertiary/aromatic N) is 4. The molecule has 174 valence electrons. The van der Waals surface area contributed by atoms with Gasteiger partial charge in [-0.3, -0.25) is 4.98 Å². The quantitative estimate of drug-likeness (QED) is 0.413. The van der Waals surface area contributed by atoms with Crippen molar-refractivity contribution in [2.24, 2.45) is 0 Å². The number of aromatic nitrogens is 5. The number of rotatable bonds is 6. The van der Waals surface area contributed by atoms with Gasteiger partial charge in [0.25, 0.3) is 0 Å². The topological polar surface area (TPSA) is 80.1 Å². The summed E-state index contributed by atoms with van der Waals surface area (Å²) in [5.41, 5.74) is 6.46. The van der Waals surface area contributed by atoms with Crippen LogP contribution in [0, 0.1) is 0 Å². The van der Waals surface area contributed by atoms with Gasteiger partial charge in [0.1, 0.15) is 6.33 Å². The van der Waals surface area contributed by atoms with E-state index in [-0.39, 0.29) is 0 Å². The average Bonchev–Trinajstić information content (AvgIpc) is 3.42. The Labute approximate surface area is 195 Å². The van der Waals surface area contributed by atoms with Crippen molar-refractivity contribution in [1.82, 2.24) is 29.9 Å². The number of hydrogen-bond acceptors (Lipinski definition) is 5. The lowest BCUT2D eigenvalue weighted by Gasteiger charge is -2.30. The van der Waals surface area contributed by atoms with Gasteiger partial charge in [0, 0.05) is 40.8 Å². The highest BCUT2D eigenvalue weighted by molar-refractivity contribution is 5.91. The maximum Gasteiger partial charge on any atom is 0.197 e. The number of hydrogen-bond donors (Lipinski definition) is 2. The number of pyridine rings is 2. The highest BCUT2D eigenvalue weighted by atomic mass is 16.5. The van der Waals surface area contributed by atoms with Crippen molar-refractivity contribution in [3.8, 4) is 17.0 Å². The molecule has 1 fully saturated rings. The summed E-state index contributed by atoms with van der Waals surface area (Å²) in [6.07, 6.45) is 10.4. The van der Waals surface area contributed by atoms with Crippen molar-refractivity contribution in [3.05, 3.63) is 42.1 Å². The molecule has 0 spiro atoms. The first-order chi connectivity index (χ1) is 15.9. The number of methoxy groups -OCH3 is 1. The van der Waals surface area contributed by atoms with Crippen molar-refractivity contribution < 1.29 is 4.74 Å². The van der Waals surface area contributed by atoms with Crippen molar-refractivity contribution in [1.29, 1.82) is 0 Å². The standard InChI is InChI=1S/C26H34N6O/c1-15(2)24-20-11-21(17-6-8-19(9-7-17)30-16(3)4)27-12-22(20)31-25(24)18-10-23(33-5)26-28-14-29-32(26)13-18/h10-17,19,30-31H,6-9H2,1-5H3. The monoisotopic (exact) mass is 446 g/mol. The van der Waals surface area contributed by atoms with E-state index in [2.05, 4.69) is 54.1 Å². The third-order valence-corrected chi connectivity index (χ3v) is 6.89. The molecule has 5 rings (SSSR count).